The summed E-state index contributed by atoms with van der Waals surface area (Å²) in [5, 5.41) is 10.6. The lowest BCUT2D eigenvalue weighted by Gasteiger charge is -2.12. The maximum Gasteiger partial charge on any atom is 0.191 e. The van der Waals surface area contributed by atoms with Crippen LogP contribution in [-0.2, 0) is 31.5 Å². The molecule has 0 saturated carbocycles. The molecule has 0 aliphatic heterocycles. The zero-order chi connectivity index (χ0) is 17.4. The summed E-state index contributed by atoms with van der Waals surface area (Å²) in [4.78, 5) is 4.55. The molecule has 138 valence electrons. The van der Waals surface area contributed by atoms with Crippen molar-refractivity contribution in [3.63, 3.8) is 0 Å². The topological polar surface area (TPSA) is 63.5 Å². The molecule has 0 saturated heterocycles. The highest BCUT2D eigenvalue weighted by atomic mass is 127. The Morgan fingerprint density at radius 2 is 2.12 bits per heavy atom. The van der Waals surface area contributed by atoms with E-state index in [4.69, 9.17) is 4.74 Å². The van der Waals surface area contributed by atoms with Gasteiger partial charge in [0.25, 0.3) is 0 Å². The zero-order valence-corrected chi connectivity index (χ0v) is 17.1. The van der Waals surface area contributed by atoms with Crippen LogP contribution in [0.25, 0.3) is 0 Å². The second-order valence-electron chi connectivity index (χ2n) is 5.35. The van der Waals surface area contributed by atoms with Crippen molar-refractivity contribution in [3.8, 4) is 0 Å². The summed E-state index contributed by atoms with van der Waals surface area (Å²) in [6, 6.07) is 6.93. The van der Waals surface area contributed by atoms with E-state index >= 15 is 0 Å². The quantitative estimate of drug-likeness (QED) is 0.378. The van der Waals surface area contributed by atoms with Gasteiger partial charge in [0, 0.05) is 32.5 Å². The molecule has 0 bridgehead atoms. The maximum atomic E-state index is 13.6. The van der Waals surface area contributed by atoms with E-state index in [0.717, 1.165) is 17.8 Å². The summed E-state index contributed by atoms with van der Waals surface area (Å²) >= 11 is 0. The number of halogens is 2. The van der Waals surface area contributed by atoms with Crippen LogP contribution in [0.1, 0.15) is 23.7 Å². The van der Waals surface area contributed by atoms with E-state index in [0.29, 0.717) is 24.6 Å². The Kier molecular flexibility index (Phi) is 9.43. The van der Waals surface area contributed by atoms with Gasteiger partial charge in [-0.3, -0.25) is 4.68 Å². The molecule has 0 aliphatic carbocycles. The van der Waals surface area contributed by atoms with Crippen molar-refractivity contribution in [1.82, 2.24) is 20.4 Å². The molecule has 0 spiro atoms. The van der Waals surface area contributed by atoms with Gasteiger partial charge < -0.3 is 15.4 Å². The third kappa shape index (κ3) is 6.62. The monoisotopic (exact) mass is 461 g/mol. The first kappa shape index (κ1) is 21.4. The fraction of sp³-hybridized carbons (Fsp3) is 0.412. The number of rotatable bonds is 7. The Morgan fingerprint density at radius 3 is 2.76 bits per heavy atom. The van der Waals surface area contributed by atoms with Gasteiger partial charge in [-0.2, -0.15) is 5.10 Å². The van der Waals surface area contributed by atoms with Crippen molar-refractivity contribution in [1.29, 1.82) is 0 Å². The van der Waals surface area contributed by atoms with Crippen LogP contribution in [0, 0.1) is 5.82 Å². The third-order valence-corrected chi connectivity index (χ3v) is 3.53. The molecular formula is C17H25FIN5O. The maximum absolute atomic E-state index is 13.6. The van der Waals surface area contributed by atoms with Gasteiger partial charge in [0.15, 0.2) is 5.96 Å². The Hall–Kier alpha value is -1.68. The lowest BCUT2D eigenvalue weighted by Crippen LogP contribution is -2.37. The van der Waals surface area contributed by atoms with Gasteiger partial charge >= 0.3 is 0 Å². The number of nitrogens with one attached hydrogen (secondary N) is 2. The van der Waals surface area contributed by atoms with Crippen molar-refractivity contribution < 1.29 is 9.13 Å². The number of hydrogen-bond acceptors (Lipinski definition) is 3. The minimum absolute atomic E-state index is 0. The highest BCUT2D eigenvalue weighted by molar-refractivity contribution is 14.0. The molecule has 0 atom stereocenters. The number of nitrogens with zero attached hydrogens (tertiary/aromatic N) is 3. The Labute approximate surface area is 164 Å². The summed E-state index contributed by atoms with van der Waals surface area (Å²) in [5.74, 6) is 0.446. The lowest BCUT2D eigenvalue weighted by molar-refractivity contribution is 0.181. The van der Waals surface area contributed by atoms with Gasteiger partial charge in [0.1, 0.15) is 5.82 Å². The first-order valence-corrected chi connectivity index (χ1v) is 7.89. The molecule has 1 heterocycles. The van der Waals surface area contributed by atoms with Gasteiger partial charge in [-0.25, -0.2) is 9.38 Å². The highest BCUT2D eigenvalue weighted by Crippen LogP contribution is 2.12. The van der Waals surface area contributed by atoms with Crippen LogP contribution in [0.3, 0.4) is 0 Å². The Morgan fingerprint density at radius 1 is 1.32 bits per heavy atom. The summed E-state index contributed by atoms with van der Waals surface area (Å²) < 4.78 is 20.5. The average Bonchev–Trinajstić information content (AvgIpc) is 2.98. The van der Waals surface area contributed by atoms with E-state index in [9.17, 15) is 4.39 Å². The Balaban J connectivity index is 0.00000312. The second kappa shape index (κ2) is 11.0. The molecule has 2 N–H and O–H groups in total. The standard InChI is InChI=1S/C17H24FN5O.HI/c1-4-19-17(21-11-15-7-8-22-23(15)2)20-10-13-5-6-16(18)14(9-13)12-24-3;/h5-9H,4,10-12H2,1-3H3,(H2,19,20,21);1H. The number of aliphatic imine (C=N–C) groups is 1. The molecular weight excluding hydrogens is 436 g/mol. The minimum atomic E-state index is -0.259. The summed E-state index contributed by atoms with van der Waals surface area (Å²) in [7, 11) is 3.45. The fourth-order valence-corrected chi connectivity index (χ4v) is 2.25. The molecule has 25 heavy (non-hydrogen) atoms. The van der Waals surface area contributed by atoms with E-state index < -0.39 is 0 Å². The molecule has 1 aromatic heterocycles. The molecule has 0 radical (unpaired) electrons. The predicted octanol–water partition coefficient (Wildman–Crippen LogP) is 2.58. The van der Waals surface area contributed by atoms with E-state index in [-0.39, 0.29) is 36.4 Å². The van der Waals surface area contributed by atoms with Crippen molar-refractivity contribution in [2.45, 2.75) is 26.6 Å². The number of benzene rings is 1. The summed E-state index contributed by atoms with van der Waals surface area (Å²) in [5.41, 5.74) is 2.53. The fourth-order valence-electron chi connectivity index (χ4n) is 2.25. The average molecular weight is 461 g/mol. The first-order chi connectivity index (χ1) is 11.6. The minimum Gasteiger partial charge on any atom is -0.380 e. The number of methoxy groups -OCH3 is 1. The summed E-state index contributed by atoms with van der Waals surface area (Å²) in [6.07, 6.45) is 1.76. The van der Waals surface area contributed by atoms with Crippen LogP contribution in [0.5, 0.6) is 0 Å². The number of aromatic nitrogens is 2. The van der Waals surface area contributed by atoms with Crippen LogP contribution in [0.2, 0.25) is 0 Å². The van der Waals surface area contributed by atoms with E-state index in [1.54, 1.807) is 25.4 Å². The van der Waals surface area contributed by atoms with Crippen LogP contribution >= 0.6 is 24.0 Å². The second-order valence-corrected chi connectivity index (χ2v) is 5.35. The summed E-state index contributed by atoms with van der Waals surface area (Å²) in [6.45, 7) is 4.10. The first-order valence-electron chi connectivity index (χ1n) is 7.89. The molecule has 0 fully saturated rings. The molecule has 0 aliphatic rings. The molecule has 2 aromatic rings. The number of guanidine groups is 1. The van der Waals surface area contributed by atoms with Gasteiger partial charge in [-0.1, -0.05) is 6.07 Å². The predicted molar refractivity (Wildman–Crippen MR) is 107 cm³/mol. The van der Waals surface area contributed by atoms with Crippen LogP contribution in [-0.4, -0.2) is 29.4 Å². The lowest BCUT2D eigenvalue weighted by atomic mass is 10.1. The number of aryl methyl sites for hydroxylation is 1. The molecule has 8 heteroatoms. The molecule has 0 unspecified atom stereocenters. The number of hydrogen-bond donors (Lipinski definition) is 2. The Bertz CT molecular complexity index is 689. The molecule has 0 amide bonds. The van der Waals surface area contributed by atoms with Crippen molar-refractivity contribution in [2.75, 3.05) is 13.7 Å². The van der Waals surface area contributed by atoms with E-state index in [2.05, 4.69) is 20.7 Å². The SMILES string of the molecule is CCNC(=NCc1ccc(F)c(COC)c1)NCc1ccnn1C.I. The van der Waals surface area contributed by atoms with Crippen molar-refractivity contribution in [2.24, 2.45) is 12.0 Å². The van der Waals surface area contributed by atoms with E-state index in [1.807, 2.05) is 24.7 Å². The van der Waals surface area contributed by atoms with Gasteiger partial charge in [-0.15, -0.1) is 24.0 Å². The smallest absolute Gasteiger partial charge is 0.191 e. The molecule has 6 nitrogen and oxygen atoms in total. The molecule has 2 rings (SSSR count). The number of ether oxygens (including phenoxy) is 1. The normalized spacial score (nSPS) is 11.1. The van der Waals surface area contributed by atoms with Crippen LogP contribution in [0.4, 0.5) is 4.39 Å². The van der Waals surface area contributed by atoms with Crippen molar-refractivity contribution in [3.05, 3.63) is 53.1 Å². The van der Waals surface area contributed by atoms with Gasteiger partial charge in [-0.05, 0) is 30.7 Å². The third-order valence-electron chi connectivity index (χ3n) is 3.53. The zero-order valence-electron chi connectivity index (χ0n) is 14.8. The van der Waals surface area contributed by atoms with Crippen LogP contribution in [0.15, 0.2) is 35.5 Å². The highest BCUT2D eigenvalue weighted by Gasteiger charge is 2.05. The van der Waals surface area contributed by atoms with Gasteiger partial charge in [0.05, 0.1) is 25.4 Å². The van der Waals surface area contributed by atoms with Gasteiger partial charge in [0.2, 0.25) is 0 Å². The molecule has 1 aromatic carbocycles. The van der Waals surface area contributed by atoms with E-state index in [1.165, 1.54) is 6.07 Å². The van der Waals surface area contributed by atoms with Crippen LogP contribution < -0.4 is 10.6 Å². The largest absolute Gasteiger partial charge is 0.380 e. The van der Waals surface area contributed by atoms with Crippen molar-refractivity contribution >= 4 is 29.9 Å².